The van der Waals surface area contributed by atoms with Gasteiger partial charge in [-0.15, -0.1) is 0 Å². The summed E-state index contributed by atoms with van der Waals surface area (Å²) in [7, 11) is 0. The van der Waals surface area contributed by atoms with Gasteiger partial charge in [0, 0.05) is 11.4 Å². The molecule has 132 valence electrons. The van der Waals surface area contributed by atoms with Crippen LogP contribution in [0.5, 0.6) is 0 Å². The first-order chi connectivity index (χ1) is 12.6. The number of halogens is 1. The first kappa shape index (κ1) is 16.8. The first-order valence-corrected chi connectivity index (χ1v) is 9.28. The van der Waals surface area contributed by atoms with E-state index in [1.807, 2.05) is 25.1 Å². The summed E-state index contributed by atoms with van der Waals surface area (Å²) in [6, 6.07) is 12.2. The second kappa shape index (κ2) is 6.92. The molecule has 7 heteroatoms. The average Bonchev–Trinajstić information content (AvgIpc) is 2.95. The van der Waals surface area contributed by atoms with Gasteiger partial charge in [0.1, 0.15) is 5.82 Å². The number of aliphatic imine (C=N–C) groups is 1. The number of benzene rings is 2. The number of thioether (sulfide) groups is 1. The maximum atomic E-state index is 12.9. The molecule has 1 amide bonds. The lowest BCUT2D eigenvalue weighted by Gasteiger charge is -2.15. The molecule has 2 aromatic carbocycles. The Balaban J connectivity index is 1.46. The fourth-order valence-electron chi connectivity index (χ4n) is 2.89. The maximum absolute atomic E-state index is 12.9. The van der Waals surface area contributed by atoms with Crippen molar-refractivity contribution in [3.8, 4) is 0 Å². The van der Waals surface area contributed by atoms with Gasteiger partial charge in [0.2, 0.25) is 5.91 Å². The van der Waals surface area contributed by atoms with Crippen LogP contribution in [0.1, 0.15) is 29.5 Å². The first-order valence-electron chi connectivity index (χ1n) is 8.29. The molecule has 2 aliphatic rings. The van der Waals surface area contributed by atoms with Gasteiger partial charge in [-0.1, -0.05) is 30.0 Å². The molecule has 4 rings (SSSR count). The molecule has 2 aliphatic heterocycles. The Kier molecular flexibility index (Phi) is 4.46. The van der Waals surface area contributed by atoms with Crippen LogP contribution in [-0.4, -0.2) is 22.5 Å². The van der Waals surface area contributed by atoms with Crippen LogP contribution >= 0.6 is 11.8 Å². The van der Waals surface area contributed by atoms with Gasteiger partial charge in [0.05, 0.1) is 18.2 Å². The van der Waals surface area contributed by atoms with Crippen molar-refractivity contribution in [1.29, 1.82) is 0 Å². The zero-order chi connectivity index (χ0) is 18.1. The van der Waals surface area contributed by atoms with Crippen LogP contribution in [0.15, 0.2) is 52.6 Å². The number of nitrogens with one attached hydrogen (secondary N) is 2. The van der Waals surface area contributed by atoms with Crippen molar-refractivity contribution in [2.24, 2.45) is 10.1 Å². The molecule has 2 N–H and O–H groups in total. The minimum Gasteiger partial charge on any atom is -0.325 e. The summed E-state index contributed by atoms with van der Waals surface area (Å²) in [5.41, 5.74) is 7.74. The summed E-state index contributed by atoms with van der Waals surface area (Å²) < 4.78 is 12.9. The number of rotatable bonds is 3. The SMILES string of the molecule is C[C@H]1C(=O)Nc2ccc(C3=NNC(=NCc4ccc(F)cc4)SC3)cc21. The van der Waals surface area contributed by atoms with Crippen LogP contribution in [0.4, 0.5) is 10.1 Å². The summed E-state index contributed by atoms with van der Waals surface area (Å²) in [6.45, 7) is 2.38. The van der Waals surface area contributed by atoms with E-state index < -0.39 is 0 Å². The number of hydrazone groups is 1. The molecule has 0 fully saturated rings. The smallest absolute Gasteiger partial charge is 0.231 e. The van der Waals surface area contributed by atoms with Crippen LogP contribution in [-0.2, 0) is 11.3 Å². The molecule has 0 bridgehead atoms. The summed E-state index contributed by atoms with van der Waals surface area (Å²) in [5.74, 6) is 0.346. The normalized spacial score (nSPS) is 20.4. The molecule has 0 unspecified atom stereocenters. The third kappa shape index (κ3) is 3.35. The largest absolute Gasteiger partial charge is 0.325 e. The summed E-state index contributed by atoms with van der Waals surface area (Å²) in [4.78, 5) is 16.3. The van der Waals surface area contributed by atoms with Crippen molar-refractivity contribution in [1.82, 2.24) is 5.43 Å². The van der Waals surface area contributed by atoms with Crippen molar-refractivity contribution < 1.29 is 9.18 Å². The number of carbonyl (C=O) groups is 1. The van der Waals surface area contributed by atoms with Crippen LogP contribution in [0.3, 0.4) is 0 Å². The van der Waals surface area contributed by atoms with Gasteiger partial charge in [-0.05, 0) is 47.9 Å². The van der Waals surface area contributed by atoms with Gasteiger partial charge >= 0.3 is 0 Å². The Morgan fingerprint density at radius 3 is 2.81 bits per heavy atom. The quantitative estimate of drug-likeness (QED) is 0.872. The lowest BCUT2D eigenvalue weighted by molar-refractivity contribution is -0.116. The molecule has 0 aromatic heterocycles. The predicted octanol–water partition coefficient (Wildman–Crippen LogP) is 3.48. The number of fused-ring (bicyclic) bond motifs is 1. The van der Waals surface area contributed by atoms with Gasteiger partial charge in [-0.3, -0.25) is 15.2 Å². The molecule has 1 atom stereocenters. The molecule has 0 radical (unpaired) electrons. The number of hydrogen-bond acceptors (Lipinski definition) is 4. The molecule has 0 aliphatic carbocycles. The van der Waals surface area contributed by atoms with E-state index in [1.54, 1.807) is 23.9 Å². The highest BCUT2D eigenvalue weighted by atomic mass is 32.2. The van der Waals surface area contributed by atoms with Gasteiger partial charge in [-0.25, -0.2) is 4.39 Å². The van der Waals surface area contributed by atoms with E-state index >= 15 is 0 Å². The molecule has 5 nitrogen and oxygen atoms in total. The van der Waals surface area contributed by atoms with E-state index in [4.69, 9.17) is 0 Å². The van der Waals surface area contributed by atoms with Crippen molar-refractivity contribution >= 4 is 34.2 Å². The van der Waals surface area contributed by atoms with Gasteiger partial charge in [-0.2, -0.15) is 5.10 Å². The number of nitrogens with zero attached hydrogens (tertiary/aromatic N) is 2. The molecular weight excluding hydrogens is 351 g/mol. The van der Waals surface area contributed by atoms with E-state index in [-0.39, 0.29) is 17.6 Å². The Labute approximate surface area is 154 Å². The molecule has 2 aromatic rings. The Bertz CT molecular complexity index is 924. The highest BCUT2D eigenvalue weighted by Gasteiger charge is 2.27. The van der Waals surface area contributed by atoms with E-state index in [0.717, 1.165) is 33.3 Å². The molecule has 0 saturated heterocycles. The maximum Gasteiger partial charge on any atom is 0.231 e. The highest BCUT2D eigenvalue weighted by Crippen LogP contribution is 2.33. The van der Waals surface area contributed by atoms with Crippen LogP contribution in [0.25, 0.3) is 0 Å². The fraction of sp³-hybridized carbons (Fsp3) is 0.211. The Hall–Kier alpha value is -2.67. The van der Waals surface area contributed by atoms with Gasteiger partial charge in [0.25, 0.3) is 0 Å². The minimum atomic E-state index is -0.249. The second-order valence-electron chi connectivity index (χ2n) is 6.22. The molecule has 0 spiro atoms. The van der Waals surface area contributed by atoms with E-state index in [0.29, 0.717) is 12.3 Å². The number of hydrogen-bond donors (Lipinski definition) is 2. The minimum absolute atomic E-state index is 0.0328. The predicted molar refractivity (Wildman–Crippen MR) is 103 cm³/mol. The van der Waals surface area contributed by atoms with Crippen molar-refractivity contribution in [3.05, 3.63) is 65.0 Å². The van der Waals surface area contributed by atoms with E-state index in [2.05, 4.69) is 20.8 Å². The Morgan fingerprint density at radius 1 is 1.27 bits per heavy atom. The lowest BCUT2D eigenvalue weighted by Crippen LogP contribution is -2.25. The number of anilines is 1. The zero-order valence-corrected chi connectivity index (χ0v) is 14.9. The van der Waals surface area contributed by atoms with Crippen molar-refractivity contribution in [2.75, 3.05) is 11.1 Å². The monoisotopic (exact) mass is 368 g/mol. The third-order valence-electron chi connectivity index (χ3n) is 4.45. The fourth-order valence-corrected chi connectivity index (χ4v) is 3.67. The van der Waals surface area contributed by atoms with Crippen LogP contribution < -0.4 is 10.7 Å². The zero-order valence-electron chi connectivity index (χ0n) is 14.1. The Morgan fingerprint density at radius 2 is 2.08 bits per heavy atom. The highest BCUT2D eigenvalue weighted by molar-refractivity contribution is 8.14. The average molecular weight is 368 g/mol. The van der Waals surface area contributed by atoms with Crippen molar-refractivity contribution in [2.45, 2.75) is 19.4 Å². The summed E-state index contributed by atoms with van der Waals surface area (Å²) >= 11 is 1.57. The van der Waals surface area contributed by atoms with Crippen LogP contribution in [0.2, 0.25) is 0 Å². The standard InChI is InChI=1S/C19H17FN4OS/c1-11-15-8-13(4-7-16(15)22-18(11)25)17-10-26-19(24-23-17)21-9-12-2-5-14(20)6-3-12/h2-8,11H,9-10H2,1H3,(H,21,24)(H,22,25)/t11-/m1/s1. The van der Waals surface area contributed by atoms with E-state index in [1.165, 1.54) is 12.1 Å². The molecule has 26 heavy (non-hydrogen) atoms. The number of amides is 1. The number of carbonyl (C=O) groups excluding carboxylic acids is 1. The van der Waals surface area contributed by atoms with Crippen LogP contribution in [0, 0.1) is 5.82 Å². The van der Waals surface area contributed by atoms with Gasteiger partial charge in [0.15, 0.2) is 5.17 Å². The summed E-state index contributed by atoms with van der Waals surface area (Å²) in [5, 5.41) is 8.04. The molecule has 0 saturated carbocycles. The number of amidine groups is 1. The third-order valence-corrected chi connectivity index (χ3v) is 5.36. The second-order valence-corrected chi connectivity index (χ2v) is 7.18. The topological polar surface area (TPSA) is 65.8 Å². The summed E-state index contributed by atoms with van der Waals surface area (Å²) in [6.07, 6.45) is 0. The lowest BCUT2D eigenvalue weighted by atomic mass is 9.99. The van der Waals surface area contributed by atoms with Gasteiger partial charge < -0.3 is 5.32 Å². The molecular formula is C19H17FN4OS. The van der Waals surface area contributed by atoms with Crippen molar-refractivity contribution in [3.63, 3.8) is 0 Å². The van der Waals surface area contributed by atoms with E-state index in [9.17, 15) is 9.18 Å². The molecule has 2 heterocycles.